The molecule has 0 aliphatic heterocycles. The van der Waals surface area contributed by atoms with E-state index >= 15 is 0 Å². The first-order valence-corrected chi connectivity index (χ1v) is 10.7. The summed E-state index contributed by atoms with van der Waals surface area (Å²) in [7, 11) is 0. The van der Waals surface area contributed by atoms with E-state index in [1.165, 1.54) is 5.56 Å². The SMILES string of the molecule is Cc1cc(C)c(C(c2ccc(C(C)C)cc2)c2c(C)cc(C)c(C)c2O)c(O)c1C. The van der Waals surface area contributed by atoms with E-state index in [0.29, 0.717) is 17.4 Å². The molecule has 0 atom stereocenters. The number of rotatable bonds is 4. The van der Waals surface area contributed by atoms with Crippen molar-refractivity contribution in [1.82, 2.24) is 0 Å². The van der Waals surface area contributed by atoms with Crippen molar-refractivity contribution < 1.29 is 10.2 Å². The fourth-order valence-corrected chi connectivity index (χ4v) is 4.45. The quantitative estimate of drug-likeness (QED) is 0.451. The molecular weight excluding hydrogens is 368 g/mol. The summed E-state index contributed by atoms with van der Waals surface area (Å²) in [4.78, 5) is 0. The monoisotopic (exact) mass is 402 g/mol. The van der Waals surface area contributed by atoms with Crippen LogP contribution in [0.3, 0.4) is 0 Å². The summed E-state index contributed by atoms with van der Waals surface area (Å²) < 4.78 is 0. The Labute approximate surface area is 181 Å². The van der Waals surface area contributed by atoms with Gasteiger partial charge in [-0.05, 0) is 92.0 Å². The van der Waals surface area contributed by atoms with Crippen LogP contribution in [0.2, 0.25) is 0 Å². The summed E-state index contributed by atoms with van der Waals surface area (Å²) >= 11 is 0. The van der Waals surface area contributed by atoms with Gasteiger partial charge in [0.25, 0.3) is 0 Å². The van der Waals surface area contributed by atoms with E-state index in [9.17, 15) is 10.2 Å². The first kappa shape index (κ1) is 22.0. The average Bonchev–Trinajstić information content (AvgIpc) is 2.69. The van der Waals surface area contributed by atoms with Crippen molar-refractivity contribution in [3.05, 3.63) is 92.0 Å². The second-order valence-corrected chi connectivity index (χ2v) is 9.05. The number of phenols is 2. The summed E-state index contributed by atoms with van der Waals surface area (Å²) in [5.41, 5.74) is 10.1. The van der Waals surface area contributed by atoms with Crippen LogP contribution in [0.25, 0.3) is 0 Å². The second-order valence-electron chi connectivity index (χ2n) is 9.05. The molecule has 3 aromatic rings. The molecule has 0 aromatic heterocycles. The van der Waals surface area contributed by atoms with Crippen LogP contribution in [0.4, 0.5) is 0 Å². The highest BCUT2D eigenvalue weighted by Gasteiger charge is 2.28. The molecule has 0 saturated carbocycles. The molecule has 30 heavy (non-hydrogen) atoms. The van der Waals surface area contributed by atoms with Crippen molar-refractivity contribution in [2.75, 3.05) is 0 Å². The Kier molecular flexibility index (Phi) is 5.99. The molecule has 0 amide bonds. The van der Waals surface area contributed by atoms with Gasteiger partial charge in [0.1, 0.15) is 11.5 Å². The summed E-state index contributed by atoms with van der Waals surface area (Å²) in [5.74, 6) is 0.848. The zero-order valence-corrected chi connectivity index (χ0v) is 19.5. The first-order chi connectivity index (χ1) is 14.0. The molecule has 3 rings (SSSR count). The maximum Gasteiger partial charge on any atom is 0.123 e. The molecule has 2 N–H and O–H groups in total. The van der Waals surface area contributed by atoms with Crippen molar-refractivity contribution in [3.8, 4) is 11.5 Å². The van der Waals surface area contributed by atoms with E-state index in [1.807, 2.05) is 41.5 Å². The number of hydrogen-bond donors (Lipinski definition) is 2. The van der Waals surface area contributed by atoms with Gasteiger partial charge in [0.15, 0.2) is 0 Å². The van der Waals surface area contributed by atoms with Crippen molar-refractivity contribution in [3.63, 3.8) is 0 Å². The lowest BCUT2D eigenvalue weighted by molar-refractivity contribution is 0.452. The highest BCUT2D eigenvalue weighted by molar-refractivity contribution is 5.62. The van der Waals surface area contributed by atoms with Gasteiger partial charge >= 0.3 is 0 Å². The van der Waals surface area contributed by atoms with Gasteiger partial charge in [-0.15, -0.1) is 0 Å². The average molecular weight is 403 g/mol. The number of aromatic hydroxyl groups is 2. The van der Waals surface area contributed by atoms with Crippen LogP contribution in [0, 0.1) is 41.5 Å². The summed E-state index contributed by atoms with van der Waals surface area (Å²) in [6.07, 6.45) is 0. The Hall–Kier alpha value is -2.74. The van der Waals surface area contributed by atoms with E-state index in [1.54, 1.807) is 0 Å². The van der Waals surface area contributed by atoms with Gasteiger partial charge in [0.05, 0.1) is 0 Å². The van der Waals surface area contributed by atoms with Gasteiger partial charge in [-0.25, -0.2) is 0 Å². The van der Waals surface area contributed by atoms with Gasteiger partial charge in [0.2, 0.25) is 0 Å². The lowest BCUT2D eigenvalue weighted by atomic mass is 9.77. The minimum absolute atomic E-state index is 0.246. The lowest BCUT2D eigenvalue weighted by Gasteiger charge is -2.27. The smallest absolute Gasteiger partial charge is 0.123 e. The molecule has 0 aliphatic carbocycles. The molecule has 0 unspecified atom stereocenters. The normalized spacial score (nSPS) is 11.5. The van der Waals surface area contributed by atoms with Crippen molar-refractivity contribution >= 4 is 0 Å². The Morgan fingerprint density at radius 1 is 0.567 bits per heavy atom. The molecule has 0 fully saturated rings. The molecule has 0 heterocycles. The van der Waals surface area contributed by atoms with E-state index in [0.717, 1.165) is 50.1 Å². The van der Waals surface area contributed by atoms with Crippen LogP contribution in [-0.4, -0.2) is 10.2 Å². The highest BCUT2D eigenvalue weighted by Crippen LogP contribution is 2.46. The predicted octanol–water partition coefficient (Wildman–Crippen LogP) is 7.25. The summed E-state index contributed by atoms with van der Waals surface area (Å²) in [6.45, 7) is 16.4. The number of aryl methyl sites for hydroxylation is 4. The van der Waals surface area contributed by atoms with E-state index < -0.39 is 0 Å². The molecule has 2 heteroatoms. The minimum atomic E-state index is -0.246. The zero-order chi connectivity index (χ0) is 22.3. The van der Waals surface area contributed by atoms with E-state index in [4.69, 9.17) is 0 Å². The molecular formula is C28H34O2. The van der Waals surface area contributed by atoms with E-state index in [2.05, 4.69) is 50.2 Å². The van der Waals surface area contributed by atoms with Gasteiger partial charge in [0, 0.05) is 17.0 Å². The Morgan fingerprint density at radius 2 is 0.933 bits per heavy atom. The van der Waals surface area contributed by atoms with E-state index in [-0.39, 0.29) is 5.92 Å². The Bertz CT molecular complexity index is 1030. The molecule has 0 spiro atoms. The molecule has 0 saturated heterocycles. The zero-order valence-electron chi connectivity index (χ0n) is 19.5. The minimum Gasteiger partial charge on any atom is -0.507 e. The van der Waals surface area contributed by atoms with Crippen LogP contribution in [0.15, 0.2) is 36.4 Å². The molecule has 0 aliphatic rings. The third-order valence-electron chi connectivity index (χ3n) is 6.63. The fourth-order valence-electron chi connectivity index (χ4n) is 4.45. The lowest BCUT2D eigenvalue weighted by Crippen LogP contribution is -2.10. The molecule has 3 aromatic carbocycles. The topological polar surface area (TPSA) is 40.5 Å². The molecule has 2 nitrogen and oxygen atoms in total. The molecule has 158 valence electrons. The third-order valence-corrected chi connectivity index (χ3v) is 6.63. The predicted molar refractivity (Wildman–Crippen MR) is 126 cm³/mol. The Balaban J connectivity index is 2.38. The third kappa shape index (κ3) is 3.71. The summed E-state index contributed by atoms with van der Waals surface area (Å²) in [6, 6.07) is 12.9. The van der Waals surface area contributed by atoms with Gasteiger partial charge in [-0.1, -0.05) is 50.2 Å². The van der Waals surface area contributed by atoms with Crippen LogP contribution >= 0.6 is 0 Å². The second kappa shape index (κ2) is 8.18. The van der Waals surface area contributed by atoms with Crippen molar-refractivity contribution in [2.24, 2.45) is 0 Å². The largest absolute Gasteiger partial charge is 0.507 e. The van der Waals surface area contributed by atoms with Crippen LogP contribution < -0.4 is 0 Å². The fraction of sp³-hybridized carbons (Fsp3) is 0.357. The maximum atomic E-state index is 11.2. The number of hydrogen-bond acceptors (Lipinski definition) is 2. The van der Waals surface area contributed by atoms with Crippen LogP contribution in [0.5, 0.6) is 11.5 Å². The van der Waals surface area contributed by atoms with Crippen LogP contribution in [-0.2, 0) is 0 Å². The van der Waals surface area contributed by atoms with Crippen molar-refractivity contribution in [2.45, 2.75) is 67.2 Å². The standard InChI is InChI=1S/C28H34O2/c1-15(2)22-9-11-23(12-10-22)26(24-18(5)13-16(3)20(7)27(24)29)25-19(6)14-17(4)21(8)28(25)30/h9-15,26,29-30H,1-8H3. The maximum absolute atomic E-state index is 11.2. The number of phenolic OH excluding ortho intramolecular Hbond substituents is 2. The highest BCUT2D eigenvalue weighted by atomic mass is 16.3. The van der Waals surface area contributed by atoms with Crippen molar-refractivity contribution in [1.29, 1.82) is 0 Å². The molecule has 0 radical (unpaired) electrons. The molecule has 0 bridgehead atoms. The van der Waals surface area contributed by atoms with Gasteiger partial charge in [-0.3, -0.25) is 0 Å². The van der Waals surface area contributed by atoms with Crippen LogP contribution in [0.1, 0.15) is 81.3 Å². The van der Waals surface area contributed by atoms with Gasteiger partial charge < -0.3 is 10.2 Å². The summed E-state index contributed by atoms with van der Waals surface area (Å²) in [5, 5.41) is 22.4. The first-order valence-electron chi connectivity index (χ1n) is 10.7. The van der Waals surface area contributed by atoms with Gasteiger partial charge in [-0.2, -0.15) is 0 Å². The number of benzene rings is 3. The Morgan fingerprint density at radius 3 is 1.30 bits per heavy atom.